The summed E-state index contributed by atoms with van der Waals surface area (Å²) >= 11 is 0. The molecule has 0 bridgehead atoms. The molecule has 0 fully saturated rings. The number of nitrogens with zero attached hydrogens (tertiary/aromatic N) is 1. The molecular weight excluding hydrogens is 306 g/mol. The summed E-state index contributed by atoms with van der Waals surface area (Å²) < 4.78 is 5.27. The van der Waals surface area contributed by atoms with E-state index in [1.165, 1.54) is 19.1 Å². The number of ketones is 1. The van der Waals surface area contributed by atoms with E-state index in [4.69, 9.17) is 4.74 Å². The maximum absolute atomic E-state index is 12.8. The van der Waals surface area contributed by atoms with E-state index < -0.39 is 5.97 Å². The lowest BCUT2D eigenvalue weighted by atomic mass is 10.0. The first-order valence-electron chi connectivity index (χ1n) is 7.39. The second-order valence-corrected chi connectivity index (χ2v) is 5.39. The van der Waals surface area contributed by atoms with Gasteiger partial charge in [-0.1, -0.05) is 24.3 Å². The van der Waals surface area contributed by atoms with Gasteiger partial charge in [-0.3, -0.25) is 9.59 Å². The van der Waals surface area contributed by atoms with Gasteiger partial charge in [0.1, 0.15) is 11.4 Å². The number of hydrogen-bond acceptors (Lipinski definition) is 5. The summed E-state index contributed by atoms with van der Waals surface area (Å²) in [6.07, 6.45) is 0. The van der Waals surface area contributed by atoms with E-state index >= 15 is 0 Å². The molecule has 0 saturated carbocycles. The molecule has 0 aliphatic carbocycles. The van der Waals surface area contributed by atoms with Crippen molar-refractivity contribution in [2.24, 2.45) is 0 Å². The maximum Gasteiger partial charge on any atom is 0.308 e. The van der Waals surface area contributed by atoms with E-state index in [1.807, 2.05) is 6.07 Å². The summed E-state index contributed by atoms with van der Waals surface area (Å²) in [6.45, 7) is 3.02. The van der Waals surface area contributed by atoms with E-state index in [-0.39, 0.29) is 17.2 Å². The van der Waals surface area contributed by atoms with Crippen LogP contribution in [0.4, 0.5) is 0 Å². The van der Waals surface area contributed by atoms with Gasteiger partial charge < -0.3 is 9.84 Å². The summed E-state index contributed by atoms with van der Waals surface area (Å²) in [5, 5.41) is 10.6. The van der Waals surface area contributed by atoms with E-state index in [9.17, 15) is 14.7 Å². The molecule has 120 valence electrons. The average molecular weight is 321 g/mol. The van der Waals surface area contributed by atoms with Crippen LogP contribution in [0, 0.1) is 6.92 Å². The van der Waals surface area contributed by atoms with Crippen LogP contribution in [0.3, 0.4) is 0 Å². The first-order valence-corrected chi connectivity index (χ1v) is 7.39. The molecule has 0 aliphatic heterocycles. The van der Waals surface area contributed by atoms with E-state index in [0.29, 0.717) is 27.8 Å². The number of carbonyl (C=O) groups is 2. The second kappa shape index (κ2) is 6.12. The minimum absolute atomic E-state index is 0.0887. The monoisotopic (exact) mass is 321 g/mol. The SMILES string of the molecule is CC(=O)Oc1c(C)nc(C(=O)c2ccc(O)cc2)c2ccccc12. The minimum Gasteiger partial charge on any atom is -0.508 e. The lowest BCUT2D eigenvalue weighted by molar-refractivity contribution is -0.131. The molecule has 3 rings (SSSR count). The highest BCUT2D eigenvalue weighted by Crippen LogP contribution is 2.31. The van der Waals surface area contributed by atoms with Gasteiger partial charge in [-0.25, -0.2) is 4.98 Å². The number of carbonyl (C=O) groups excluding carboxylic acids is 2. The number of rotatable bonds is 3. The number of esters is 1. The van der Waals surface area contributed by atoms with Crippen LogP contribution >= 0.6 is 0 Å². The summed E-state index contributed by atoms with van der Waals surface area (Å²) in [6, 6.07) is 13.2. The van der Waals surface area contributed by atoms with Crippen molar-refractivity contribution in [3.63, 3.8) is 0 Å². The lowest BCUT2D eigenvalue weighted by Crippen LogP contribution is -2.10. The minimum atomic E-state index is -0.442. The Morgan fingerprint density at radius 1 is 1.00 bits per heavy atom. The number of hydrogen-bond donors (Lipinski definition) is 1. The van der Waals surface area contributed by atoms with Crippen molar-refractivity contribution in [1.82, 2.24) is 4.98 Å². The first-order chi connectivity index (χ1) is 11.5. The number of aromatic hydroxyl groups is 1. The van der Waals surface area contributed by atoms with Gasteiger partial charge in [0.15, 0.2) is 5.75 Å². The van der Waals surface area contributed by atoms with Gasteiger partial charge in [-0.2, -0.15) is 0 Å². The zero-order valence-corrected chi connectivity index (χ0v) is 13.2. The van der Waals surface area contributed by atoms with Crippen LogP contribution in [0.5, 0.6) is 11.5 Å². The molecule has 1 heterocycles. The molecule has 1 N–H and O–H groups in total. The van der Waals surface area contributed by atoms with Gasteiger partial charge in [-0.15, -0.1) is 0 Å². The number of aromatic nitrogens is 1. The lowest BCUT2D eigenvalue weighted by Gasteiger charge is -2.12. The third-order valence-corrected chi connectivity index (χ3v) is 3.63. The normalized spacial score (nSPS) is 10.6. The standard InChI is InChI=1S/C19H15NO4/c1-11-19(24-12(2)21)16-6-4-3-5-15(16)17(20-11)18(23)13-7-9-14(22)10-8-13/h3-10,22H,1-2H3. The molecule has 0 aliphatic rings. The quantitative estimate of drug-likeness (QED) is 0.591. The van der Waals surface area contributed by atoms with Crippen molar-refractivity contribution < 1.29 is 19.4 Å². The Morgan fingerprint density at radius 2 is 1.62 bits per heavy atom. The van der Waals surface area contributed by atoms with Crippen LogP contribution in [0.2, 0.25) is 0 Å². The number of benzene rings is 2. The van der Waals surface area contributed by atoms with Crippen molar-refractivity contribution in [2.45, 2.75) is 13.8 Å². The van der Waals surface area contributed by atoms with Gasteiger partial charge in [0.05, 0.1) is 5.69 Å². The van der Waals surface area contributed by atoms with Crippen molar-refractivity contribution in [3.05, 3.63) is 65.5 Å². The van der Waals surface area contributed by atoms with Crippen molar-refractivity contribution in [1.29, 1.82) is 0 Å². The largest absolute Gasteiger partial charge is 0.508 e. The van der Waals surface area contributed by atoms with Gasteiger partial charge in [-0.05, 0) is 31.2 Å². The topological polar surface area (TPSA) is 76.5 Å². The van der Waals surface area contributed by atoms with Gasteiger partial charge in [0, 0.05) is 23.3 Å². The molecule has 0 spiro atoms. The van der Waals surface area contributed by atoms with Crippen LogP contribution in [0.1, 0.15) is 28.7 Å². The Balaban J connectivity index is 2.20. The Morgan fingerprint density at radius 3 is 2.25 bits per heavy atom. The molecule has 0 radical (unpaired) electrons. The number of phenols is 1. The summed E-state index contributed by atoms with van der Waals surface area (Å²) in [5.41, 5.74) is 1.17. The summed E-state index contributed by atoms with van der Waals surface area (Å²) in [7, 11) is 0. The van der Waals surface area contributed by atoms with E-state index in [2.05, 4.69) is 4.98 Å². The number of aryl methyl sites for hydroxylation is 1. The number of fused-ring (bicyclic) bond motifs is 1. The second-order valence-electron chi connectivity index (χ2n) is 5.39. The highest BCUT2D eigenvalue weighted by Gasteiger charge is 2.19. The zero-order chi connectivity index (χ0) is 17.3. The van der Waals surface area contributed by atoms with E-state index in [0.717, 1.165) is 0 Å². The first kappa shape index (κ1) is 15.7. The van der Waals surface area contributed by atoms with Crippen LogP contribution in [0.25, 0.3) is 10.8 Å². The molecule has 0 amide bonds. The third-order valence-electron chi connectivity index (χ3n) is 3.63. The molecule has 0 atom stereocenters. The van der Waals surface area contributed by atoms with Crippen molar-refractivity contribution in [2.75, 3.05) is 0 Å². The summed E-state index contributed by atoms with van der Waals surface area (Å²) in [4.78, 5) is 28.5. The van der Waals surface area contributed by atoms with Gasteiger partial charge in [0.2, 0.25) is 5.78 Å². The Bertz CT molecular complexity index is 945. The highest BCUT2D eigenvalue weighted by molar-refractivity contribution is 6.16. The predicted octanol–water partition coefficient (Wildman–Crippen LogP) is 3.41. The van der Waals surface area contributed by atoms with Crippen LogP contribution in [0.15, 0.2) is 48.5 Å². The Hall–Kier alpha value is -3.21. The Kier molecular flexibility index (Phi) is 4.00. The van der Waals surface area contributed by atoms with Crippen LogP contribution in [-0.4, -0.2) is 21.8 Å². The molecule has 2 aromatic carbocycles. The number of pyridine rings is 1. The number of ether oxygens (including phenoxy) is 1. The fourth-order valence-electron chi connectivity index (χ4n) is 2.56. The zero-order valence-electron chi connectivity index (χ0n) is 13.2. The summed E-state index contributed by atoms with van der Waals surface area (Å²) in [5.74, 6) is -0.252. The van der Waals surface area contributed by atoms with E-state index in [1.54, 1.807) is 37.3 Å². The molecule has 5 nitrogen and oxygen atoms in total. The van der Waals surface area contributed by atoms with Crippen LogP contribution in [-0.2, 0) is 4.79 Å². The van der Waals surface area contributed by atoms with Crippen molar-refractivity contribution >= 4 is 22.5 Å². The smallest absolute Gasteiger partial charge is 0.308 e. The molecule has 24 heavy (non-hydrogen) atoms. The third kappa shape index (κ3) is 2.84. The van der Waals surface area contributed by atoms with Crippen molar-refractivity contribution in [3.8, 4) is 11.5 Å². The highest BCUT2D eigenvalue weighted by atomic mass is 16.5. The van der Waals surface area contributed by atoms with Gasteiger partial charge >= 0.3 is 5.97 Å². The maximum atomic E-state index is 12.8. The molecular formula is C19H15NO4. The average Bonchev–Trinajstić information content (AvgIpc) is 2.57. The Labute approximate surface area is 138 Å². The van der Waals surface area contributed by atoms with Gasteiger partial charge in [0.25, 0.3) is 0 Å². The molecule has 0 saturated heterocycles. The molecule has 3 aromatic rings. The number of phenolic OH excluding ortho intramolecular Hbond substituents is 1. The fraction of sp³-hybridized carbons (Fsp3) is 0.105. The predicted molar refractivity (Wildman–Crippen MR) is 89.3 cm³/mol. The fourth-order valence-corrected chi connectivity index (χ4v) is 2.56. The molecule has 5 heteroatoms. The molecule has 0 unspecified atom stereocenters. The molecule has 1 aromatic heterocycles. The van der Waals surface area contributed by atoms with Crippen LogP contribution < -0.4 is 4.74 Å².